The summed E-state index contributed by atoms with van der Waals surface area (Å²) >= 11 is 0. The predicted molar refractivity (Wildman–Crippen MR) is 122 cm³/mol. The maximum atomic E-state index is 5.98. The van der Waals surface area contributed by atoms with E-state index in [1.807, 2.05) is 18.2 Å². The second-order valence-electron chi connectivity index (χ2n) is 6.52. The zero-order valence-electron chi connectivity index (χ0n) is 16.9. The molecule has 1 aromatic carbocycles. The smallest absolute Gasteiger partial charge is 0.195 e. The number of methoxy groups -OCH3 is 2. The van der Waals surface area contributed by atoms with E-state index in [4.69, 9.17) is 14.2 Å². The molecule has 154 valence electrons. The van der Waals surface area contributed by atoms with E-state index in [1.165, 1.54) is 25.7 Å². The van der Waals surface area contributed by atoms with Gasteiger partial charge in [-0.15, -0.1) is 24.0 Å². The number of hydrogen-bond donors (Lipinski definition) is 2. The summed E-state index contributed by atoms with van der Waals surface area (Å²) in [5, 5.41) is 6.68. The Balaban J connectivity index is 0.00000364. The lowest BCUT2D eigenvalue weighted by atomic mass is 9.98. The zero-order valence-corrected chi connectivity index (χ0v) is 19.2. The number of ether oxygens (including phenoxy) is 3. The second kappa shape index (κ2) is 13.0. The quantitative estimate of drug-likeness (QED) is 0.307. The zero-order chi connectivity index (χ0) is 18.8. The van der Waals surface area contributed by atoms with Crippen LogP contribution in [0.4, 0.5) is 5.69 Å². The number of hydrogen-bond acceptors (Lipinski definition) is 4. The number of benzene rings is 1. The molecule has 0 radical (unpaired) electrons. The normalized spacial score (nSPS) is 15.8. The summed E-state index contributed by atoms with van der Waals surface area (Å²) in [6, 6.07) is 5.71. The van der Waals surface area contributed by atoms with Crippen LogP contribution >= 0.6 is 24.0 Å². The molecule has 1 unspecified atom stereocenters. The van der Waals surface area contributed by atoms with Gasteiger partial charge < -0.3 is 24.8 Å². The lowest BCUT2D eigenvalue weighted by molar-refractivity contribution is 0.0170. The van der Waals surface area contributed by atoms with Crippen molar-refractivity contribution in [2.24, 2.45) is 10.9 Å². The monoisotopic (exact) mass is 491 g/mol. The van der Waals surface area contributed by atoms with Crippen LogP contribution in [0.5, 0.6) is 11.5 Å². The molecule has 0 heterocycles. The van der Waals surface area contributed by atoms with Crippen molar-refractivity contribution in [1.29, 1.82) is 0 Å². The molecule has 1 saturated carbocycles. The van der Waals surface area contributed by atoms with Crippen molar-refractivity contribution in [3.05, 3.63) is 18.2 Å². The molecule has 0 amide bonds. The molecule has 2 rings (SSSR count). The highest BCUT2D eigenvalue weighted by Crippen LogP contribution is 2.31. The van der Waals surface area contributed by atoms with Crippen LogP contribution in [0.25, 0.3) is 0 Å². The number of aliphatic imine (C=N–C) groups is 1. The highest BCUT2D eigenvalue weighted by atomic mass is 127. The van der Waals surface area contributed by atoms with Gasteiger partial charge in [0.25, 0.3) is 0 Å². The molecular formula is C20H34IN3O3. The molecule has 6 nitrogen and oxygen atoms in total. The number of halogens is 1. The van der Waals surface area contributed by atoms with Crippen LogP contribution in [-0.2, 0) is 4.74 Å². The third-order valence-corrected chi connectivity index (χ3v) is 4.90. The number of nitrogens with zero attached hydrogens (tertiary/aromatic N) is 1. The molecule has 1 aliphatic rings. The standard InChI is InChI=1S/C20H33N3O3.HI/c1-5-26-17(15-8-6-7-9-15)12-13-22-20(21-2)23-16-10-11-18(24-3)19(14-16)25-4;/h10-11,14-15,17H,5-9,12-13H2,1-4H3,(H2,21,22,23);1H. The third-order valence-electron chi connectivity index (χ3n) is 4.90. The first-order chi connectivity index (χ1) is 12.7. The van der Waals surface area contributed by atoms with Crippen molar-refractivity contribution in [3.8, 4) is 11.5 Å². The molecule has 0 aromatic heterocycles. The van der Waals surface area contributed by atoms with Crippen molar-refractivity contribution < 1.29 is 14.2 Å². The minimum Gasteiger partial charge on any atom is -0.493 e. The van der Waals surface area contributed by atoms with Gasteiger partial charge in [0.05, 0.1) is 20.3 Å². The molecule has 27 heavy (non-hydrogen) atoms. The summed E-state index contributed by atoms with van der Waals surface area (Å²) in [4.78, 5) is 4.30. The average Bonchev–Trinajstić information content (AvgIpc) is 3.20. The van der Waals surface area contributed by atoms with E-state index in [1.54, 1.807) is 21.3 Å². The van der Waals surface area contributed by atoms with Gasteiger partial charge in [-0.05, 0) is 44.2 Å². The molecular weight excluding hydrogens is 457 g/mol. The van der Waals surface area contributed by atoms with Crippen LogP contribution in [0.2, 0.25) is 0 Å². The van der Waals surface area contributed by atoms with E-state index in [9.17, 15) is 0 Å². The molecule has 1 aliphatic carbocycles. The van der Waals surface area contributed by atoms with Crippen molar-refractivity contribution in [1.82, 2.24) is 5.32 Å². The Hall–Kier alpha value is -1.22. The fourth-order valence-electron chi connectivity index (χ4n) is 3.56. The molecule has 0 spiro atoms. The Morgan fingerprint density at radius 1 is 1.19 bits per heavy atom. The van der Waals surface area contributed by atoms with Crippen LogP contribution in [0.1, 0.15) is 39.0 Å². The van der Waals surface area contributed by atoms with Gasteiger partial charge in [-0.1, -0.05) is 12.8 Å². The van der Waals surface area contributed by atoms with E-state index in [0.717, 1.165) is 31.2 Å². The van der Waals surface area contributed by atoms with Crippen LogP contribution in [0.3, 0.4) is 0 Å². The minimum atomic E-state index is 0. The molecule has 0 bridgehead atoms. The van der Waals surface area contributed by atoms with Gasteiger partial charge in [0, 0.05) is 32.0 Å². The summed E-state index contributed by atoms with van der Waals surface area (Å²) in [5.74, 6) is 2.83. The molecule has 1 atom stereocenters. The Labute approximate surface area is 180 Å². The van der Waals surface area contributed by atoms with Crippen LogP contribution < -0.4 is 20.1 Å². The number of anilines is 1. The largest absolute Gasteiger partial charge is 0.493 e. The van der Waals surface area contributed by atoms with Gasteiger partial charge in [-0.25, -0.2) is 0 Å². The fraction of sp³-hybridized carbons (Fsp3) is 0.650. The van der Waals surface area contributed by atoms with Crippen molar-refractivity contribution in [2.45, 2.75) is 45.1 Å². The van der Waals surface area contributed by atoms with Gasteiger partial charge in [0.1, 0.15) is 0 Å². The first-order valence-electron chi connectivity index (χ1n) is 9.53. The molecule has 1 fully saturated rings. The van der Waals surface area contributed by atoms with E-state index < -0.39 is 0 Å². The predicted octanol–water partition coefficient (Wildman–Crippen LogP) is 4.29. The Bertz CT molecular complexity index is 578. The minimum absolute atomic E-state index is 0. The lowest BCUT2D eigenvalue weighted by Gasteiger charge is -2.24. The maximum absolute atomic E-state index is 5.98. The summed E-state index contributed by atoms with van der Waals surface area (Å²) in [6.45, 7) is 3.68. The van der Waals surface area contributed by atoms with E-state index >= 15 is 0 Å². The van der Waals surface area contributed by atoms with Gasteiger partial charge >= 0.3 is 0 Å². The Kier molecular flexibility index (Phi) is 11.5. The SMILES string of the molecule is CCOC(CCNC(=NC)Nc1ccc(OC)c(OC)c1)C1CCCC1.I. The highest BCUT2D eigenvalue weighted by Gasteiger charge is 2.25. The molecule has 1 aromatic rings. The molecule has 2 N–H and O–H groups in total. The lowest BCUT2D eigenvalue weighted by Crippen LogP contribution is -2.34. The van der Waals surface area contributed by atoms with E-state index in [0.29, 0.717) is 23.5 Å². The first kappa shape index (κ1) is 23.8. The summed E-state index contributed by atoms with van der Waals surface area (Å²) in [7, 11) is 5.03. The topological polar surface area (TPSA) is 64.1 Å². The van der Waals surface area contributed by atoms with Crippen molar-refractivity contribution in [2.75, 3.05) is 39.7 Å². The highest BCUT2D eigenvalue weighted by molar-refractivity contribution is 14.0. The second-order valence-corrected chi connectivity index (χ2v) is 6.52. The Morgan fingerprint density at radius 3 is 2.48 bits per heavy atom. The first-order valence-corrected chi connectivity index (χ1v) is 9.53. The van der Waals surface area contributed by atoms with Gasteiger partial charge in [0.15, 0.2) is 17.5 Å². The fourth-order valence-corrected chi connectivity index (χ4v) is 3.56. The Morgan fingerprint density at radius 2 is 1.89 bits per heavy atom. The average molecular weight is 491 g/mol. The third kappa shape index (κ3) is 7.37. The van der Waals surface area contributed by atoms with Crippen molar-refractivity contribution in [3.63, 3.8) is 0 Å². The van der Waals surface area contributed by atoms with Crippen molar-refractivity contribution >= 4 is 35.6 Å². The van der Waals surface area contributed by atoms with E-state index in [-0.39, 0.29) is 24.0 Å². The van der Waals surface area contributed by atoms with E-state index in [2.05, 4.69) is 22.5 Å². The number of guanidine groups is 1. The summed E-state index contributed by atoms with van der Waals surface area (Å²) < 4.78 is 16.6. The maximum Gasteiger partial charge on any atom is 0.195 e. The summed E-state index contributed by atoms with van der Waals surface area (Å²) in [5.41, 5.74) is 0.896. The molecule has 7 heteroatoms. The number of rotatable bonds is 9. The van der Waals surface area contributed by atoms with Crippen LogP contribution in [0.15, 0.2) is 23.2 Å². The number of nitrogens with one attached hydrogen (secondary N) is 2. The molecule has 0 aliphatic heterocycles. The van der Waals surface area contributed by atoms with Crippen LogP contribution in [0, 0.1) is 5.92 Å². The van der Waals surface area contributed by atoms with Gasteiger partial charge in [-0.3, -0.25) is 4.99 Å². The molecule has 0 saturated heterocycles. The van der Waals surface area contributed by atoms with Gasteiger partial charge in [0.2, 0.25) is 0 Å². The summed E-state index contributed by atoms with van der Waals surface area (Å²) in [6.07, 6.45) is 6.60. The van der Waals surface area contributed by atoms with Crippen LogP contribution in [-0.4, -0.2) is 46.5 Å². The van der Waals surface area contributed by atoms with Gasteiger partial charge in [-0.2, -0.15) is 0 Å².